The minimum absolute atomic E-state index is 0.166. The van der Waals surface area contributed by atoms with Gasteiger partial charge in [0.1, 0.15) is 13.2 Å². The summed E-state index contributed by atoms with van der Waals surface area (Å²) in [7, 11) is 0. The molecular weight excluding hydrogens is 304 g/mol. The third-order valence-electron chi connectivity index (χ3n) is 3.82. The second-order valence-electron chi connectivity index (χ2n) is 5.68. The number of ether oxygens (including phenoxy) is 2. The lowest BCUT2D eigenvalue weighted by atomic mass is 10.1. The van der Waals surface area contributed by atoms with Gasteiger partial charge in [0.25, 0.3) is 0 Å². The highest BCUT2D eigenvalue weighted by molar-refractivity contribution is 5.89. The van der Waals surface area contributed by atoms with Gasteiger partial charge in [-0.05, 0) is 49.1 Å². The molecule has 1 heterocycles. The molecule has 1 aliphatic heterocycles. The first-order chi connectivity index (χ1) is 11.8. The third-order valence-corrected chi connectivity index (χ3v) is 3.82. The molecule has 0 bridgehead atoms. The van der Waals surface area contributed by atoms with Gasteiger partial charge in [0, 0.05) is 12.2 Å². The van der Waals surface area contributed by atoms with Crippen LogP contribution >= 0.6 is 0 Å². The monoisotopic (exact) mass is 326 g/mol. The summed E-state index contributed by atoms with van der Waals surface area (Å²) in [5.41, 5.74) is 2.03. The average Bonchev–Trinajstić information content (AvgIpc) is 2.62. The number of urea groups is 1. The molecule has 126 valence electrons. The Morgan fingerprint density at radius 3 is 2.58 bits per heavy atom. The Balaban J connectivity index is 1.34. The van der Waals surface area contributed by atoms with E-state index >= 15 is 0 Å². The van der Waals surface area contributed by atoms with Crippen LogP contribution in [0.5, 0.6) is 11.5 Å². The van der Waals surface area contributed by atoms with Crippen LogP contribution in [0.3, 0.4) is 0 Å². The third kappa shape index (κ3) is 4.65. The predicted molar refractivity (Wildman–Crippen MR) is 93.8 cm³/mol. The molecule has 2 amide bonds. The van der Waals surface area contributed by atoms with Gasteiger partial charge in [-0.25, -0.2) is 4.79 Å². The fourth-order valence-electron chi connectivity index (χ4n) is 2.60. The maximum Gasteiger partial charge on any atom is 0.319 e. The number of para-hydroxylation sites is 1. The van der Waals surface area contributed by atoms with Crippen LogP contribution in [0.15, 0.2) is 48.5 Å². The molecule has 24 heavy (non-hydrogen) atoms. The van der Waals surface area contributed by atoms with Gasteiger partial charge in [0.2, 0.25) is 0 Å². The van der Waals surface area contributed by atoms with Gasteiger partial charge in [-0.3, -0.25) is 0 Å². The van der Waals surface area contributed by atoms with Crippen molar-refractivity contribution in [1.82, 2.24) is 5.32 Å². The van der Waals surface area contributed by atoms with Gasteiger partial charge in [-0.2, -0.15) is 0 Å². The number of amides is 2. The molecular formula is C19H22N2O3. The Morgan fingerprint density at radius 2 is 1.75 bits per heavy atom. The topological polar surface area (TPSA) is 59.6 Å². The highest BCUT2D eigenvalue weighted by Crippen LogP contribution is 2.31. The van der Waals surface area contributed by atoms with Crippen molar-refractivity contribution in [3.8, 4) is 11.5 Å². The van der Waals surface area contributed by atoms with E-state index in [1.165, 1.54) is 5.56 Å². The summed E-state index contributed by atoms with van der Waals surface area (Å²) < 4.78 is 11.1. The Morgan fingerprint density at radius 1 is 0.958 bits per heavy atom. The molecule has 0 unspecified atom stereocenters. The number of fused-ring (bicyclic) bond motifs is 1. The molecule has 2 aromatic carbocycles. The van der Waals surface area contributed by atoms with Crippen LogP contribution in [-0.2, 0) is 6.42 Å². The van der Waals surface area contributed by atoms with E-state index in [1.807, 2.05) is 42.5 Å². The summed E-state index contributed by atoms with van der Waals surface area (Å²) in [6.45, 7) is 1.88. The van der Waals surface area contributed by atoms with E-state index in [0.717, 1.165) is 36.4 Å². The lowest BCUT2D eigenvalue weighted by Crippen LogP contribution is -2.29. The SMILES string of the molecule is O=C(NCCCCc1ccc2c(c1)OCCO2)Nc1ccccc1. The molecule has 0 atom stereocenters. The molecule has 2 N–H and O–H groups in total. The normalized spacial score (nSPS) is 12.5. The number of aryl methyl sites for hydroxylation is 1. The largest absolute Gasteiger partial charge is 0.486 e. The highest BCUT2D eigenvalue weighted by atomic mass is 16.6. The van der Waals surface area contributed by atoms with Crippen LogP contribution in [-0.4, -0.2) is 25.8 Å². The number of nitrogens with one attached hydrogen (secondary N) is 2. The Labute approximate surface area is 142 Å². The maximum absolute atomic E-state index is 11.8. The quantitative estimate of drug-likeness (QED) is 0.797. The van der Waals surface area contributed by atoms with Crippen molar-refractivity contribution in [3.05, 3.63) is 54.1 Å². The smallest absolute Gasteiger partial charge is 0.319 e. The summed E-state index contributed by atoms with van der Waals surface area (Å²) in [6.07, 6.45) is 2.89. The van der Waals surface area contributed by atoms with Gasteiger partial charge in [0.05, 0.1) is 0 Å². The van der Waals surface area contributed by atoms with Crippen molar-refractivity contribution < 1.29 is 14.3 Å². The minimum atomic E-state index is -0.166. The Kier molecular flexibility index (Phi) is 5.56. The number of benzene rings is 2. The molecule has 0 aromatic heterocycles. The number of rotatable bonds is 6. The van der Waals surface area contributed by atoms with E-state index in [9.17, 15) is 4.79 Å². The molecule has 0 saturated heterocycles. The molecule has 0 radical (unpaired) electrons. The van der Waals surface area contributed by atoms with E-state index in [-0.39, 0.29) is 6.03 Å². The van der Waals surface area contributed by atoms with E-state index in [1.54, 1.807) is 0 Å². The average molecular weight is 326 g/mol. The van der Waals surface area contributed by atoms with E-state index < -0.39 is 0 Å². The Hall–Kier alpha value is -2.69. The lowest BCUT2D eigenvalue weighted by Gasteiger charge is -2.18. The molecule has 2 aromatic rings. The lowest BCUT2D eigenvalue weighted by molar-refractivity contribution is 0.171. The van der Waals surface area contributed by atoms with E-state index in [4.69, 9.17) is 9.47 Å². The summed E-state index contributed by atoms with van der Waals surface area (Å²) in [6, 6.07) is 15.3. The van der Waals surface area contributed by atoms with Crippen LogP contribution in [0.25, 0.3) is 0 Å². The summed E-state index contributed by atoms with van der Waals surface area (Å²) in [5.74, 6) is 1.66. The van der Waals surface area contributed by atoms with Crippen molar-refractivity contribution in [2.24, 2.45) is 0 Å². The van der Waals surface area contributed by atoms with E-state index in [2.05, 4.69) is 16.7 Å². The number of anilines is 1. The zero-order valence-corrected chi connectivity index (χ0v) is 13.6. The molecule has 0 fully saturated rings. The predicted octanol–water partition coefficient (Wildman–Crippen LogP) is 3.60. The van der Waals surface area contributed by atoms with Crippen molar-refractivity contribution >= 4 is 11.7 Å². The molecule has 5 heteroatoms. The minimum Gasteiger partial charge on any atom is -0.486 e. The summed E-state index contributed by atoms with van der Waals surface area (Å²) in [5, 5.41) is 5.68. The van der Waals surface area contributed by atoms with Crippen molar-refractivity contribution in [2.75, 3.05) is 25.1 Å². The first-order valence-corrected chi connectivity index (χ1v) is 8.30. The number of unbranched alkanes of at least 4 members (excludes halogenated alkanes) is 1. The zero-order chi connectivity index (χ0) is 16.6. The van der Waals surface area contributed by atoms with E-state index in [0.29, 0.717) is 19.8 Å². The first-order valence-electron chi connectivity index (χ1n) is 8.30. The number of carbonyl (C=O) groups excluding carboxylic acids is 1. The van der Waals surface area contributed by atoms with Gasteiger partial charge in [0.15, 0.2) is 11.5 Å². The van der Waals surface area contributed by atoms with Crippen molar-refractivity contribution in [3.63, 3.8) is 0 Å². The van der Waals surface area contributed by atoms with Crippen LogP contribution in [0.4, 0.5) is 10.5 Å². The van der Waals surface area contributed by atoms with Gasteiger partial charge >= 0.3 is 6.03 Å². The maximum atomic E-state index is 11.8. The second kappa shape index (κ2) is 8.24. The van der Waals surface area contributed by atoms with Gasteiger partial charge in [-0.1, -0.05) is 24.3 Å². The molecule has 0 aliphatic carbocycles. The van der Waals surface area contributed by atoms with Crippen LogP contribution in [0.1, 0.15) is 18.4 Å². The standard InChI is InChI=1S/C19H22N2O3/c22-19(21-16-7-2-1-3-8-16)20-11-5-4-6-15-9-10-17-18(14-15)24-13-12-23-17/h1-3,7-10,14H,4-6,11-13H2,(H2,20,21,22). The number of hydrogen-bond donors (Lipinski definition) is 2. The molecule has 0 spiro atoms. The molecule has 5 nitrogen and oxygen atoms in total. The first kappa shape index (κ1) is 16.2. The number of hydrogen-bond acceptors (Lipinski definition) is 3. The van der Waals surface area contributed by atoms with Crippen molar-refractivity contribution in [2.45, 2.75) is 19.3 Å². The molecule has 0 saturated carbocycles. The summed E-state index contributed by atoms with van der Waals surface area (Å²) in [4.78, 5) is 11.8. The fraction of sp³-hybridized carbons (Fsp3) is 0.316. The number of carbonyl (C=O) groups is 1. The van der Waals surface area contributed by atoms with Crippen LogP contribution in [0.2, 0.25) is 0 Å². The van der Waals surface area contributed by atoms with Gasteiger partial charge < -0.3 is 20.1 Å². The summed E-state index contributed by atoms with van der Waals surface area (Å²) >= 11 is 0. The molecule has 3 rings (SSSR count). The fourth-order valence-corrected chi connectivity index (χ4v) is 2.60. The molecule has 1 aliphatic rings. The van der Waals surface area contributed by atoms with Crippen LogP contribution < -0.4 is 20.1 Å². The second-order valence-corrected chi connectivity index (χ2v) is 5.68. The highest BCUT2D eigenvalue weighted by Gasteiger charge is 2.11. The van der Waals surface area contributed by atoms with Crippen molar-refractivity contribution in [1.29, 1.82) is 0 Å². The van der Waals surface area contributed by atoms with Crippen LogP contribution in [0, 0.1) is 0 Å². The Bertz CT molecular complexity index is 674. The zero-order valence-electron chi connectivity index (χ0n) is 13.6. The van der Waals surface area contributed by atoms with Gasteiger partial charge in [-0.15, -0.1) is 0 Å².